The lowest BCUT2D eigenvalue weighted by Gasteiger charge is -2.31. The highest BCUT2D eigenvalue weighted by molar-refractivity contribution is 6.07. The SMILES string of the molecule is CC1C(=O)NC(=O)CN1C(=O)c1cccc(F)c1. The van der Waals surface area contributed by atoms with Crippen molar-refractivity contribution >= 4 is 17.7 Å². The van der Waals surface area contributed by atoms with E-state index in [2.05, 4.69) is 5.32 Å². The fourth-order valence-electron chi connectivity index (χ4n) is 1.75. The van der Waals surface area contributed by atoms with E-state index >= 15 is 0 Å². The molecule has 6 heteroatoms. The minimum atomic E-state index is -0.751. The molecule has 1 aliphatic heterocycles. The fourth-order valence-corrected chi connectivity index (χ4v) is 1.75. The number of carbonyl (C=O) groups is 3. The van der Waals surface area contributed by atoms with Crippen LogP contribution in [0.1, 0.15) is 17.3 Å². The standard InChI is InChI=1S/C12H11FN2O3/c1-7-11(17)14-10(16)6-15(7)12(18)8-3-2-4-9(13)5-8/h2-5,7H,6H2,1H3,(H,14,16,17). The molecule has 3 amide bonds. The van der Waals surface area contributed by atoms with Crippen LogP contribution in [0.5, 0.6) is 0 Å². The van der Waals surface area contributed by atoms with Crippen molar-refractivity contribution < 1.29 is 18.8 Å². The highest BCUT2D eigenvalue weighted by Gasteiger charge is 2.33. The van der Waals surface area contributed by atoms with Gasteiger partial charge in [-0.1, -0.05) is 6.07 Å². The average Bonchev–Trinajstić information content (AvgIpc) is 2.33. The third-order valence-electron chi connectivity index (χ3n) is 2.76. The molecule has 0 aromatic heterocycles. The molecule has 1 unspecified atom stereocenters. The predicted molar refractivity (Wildman–Crippen MR) is 60.0 cm³/mol. The van der Waals surface area contributed by atoms with Crippen LogP contribution in [-0.2, 0) is 9.59 Å². The van der Waals surface area contributed by atoms with E-state index in [1.165, 1.54) is 25.1 Å². The number of nitrogens with one attached hydrogen (secondary N) is 1. The molecule has 1 saturated heterocycles. The summed E-state index contributed by atoms with van der Waals surface area (Å²) in [7, 11) is 0. The van der Waals surface area contributed by atoms with Crippen molar-refractivity contribution in [1.29, 1.82) is 0 Å². The number of halogens is 1. The quantitative estimate of drug-likeness (QED) is 0.729. The topological polar surface area (TPSA) is 66.5 Å². The Labute approximate surface area is 103 Å². The van der Waals surface area contributed by atoms with Crippen LogP contribution in [0.15, 0.2) is 24.3 Å². The first-order valence-electron chi connectivity index (χ1n) is 5.39. The van der Waals surface area contributed by atoms with Crippen molar-refractivity contribution in [2.45, 2.75) is 13.0 Å². The fraction of sp³-hybridized carbons (Fsp3) is 0.250. The van der Waals surface area contributed by atoms with Crippen LogP contribution < -0.4 is 5.32 Å². The molecular weight excluding hydrogens is 239 g/mol. The molecule has 1 heterocycles. The van der Waals surface area contributed by atoms with Crippen molar-refractivity contribution in [1.82, 2.24) is 10.2 Å². The van der Waals surface area contributed by atoms with Gasteiger partial charge in [0.15, 0.2) is 0 Å². The van der Waals surface area contributed by atoms with Crippen LogP contribution in [-0.4, -0.2) is 35.2 Å². The van der Waals surface area contributed by atoms with Crippen molar-refractivity contribution in [2.24, 2.45) is 0 Å². The van der Waals surface area contributed by atoms with Gasteiger partial charge >= 0.3 is 0 Å². The number of hydrogen-bond acceptors (Lipinski definition) is 3. The summed E-state index contributed by atoms with van der Waals surface area (Å²) < 4.78 is 13.0. The molecule has 5 nitrogen and oxygen atoms in total. The Morgan fingerprint density at radius 3 is 2.83 bits per heavy atom. The van der Waals surface area contributed by atoms with E-state index in [1.807, 2.05) is 0 Å². The van der Waals surface area contributed by atoms with Crippen LogP contribution in [0.2, 0.25) is 0 Å². The molecule has 0 saturated carbocycles. The van der Waals surface area contributed by atoms with E-state index in [-0.39, 0.29) is 12.1 Å². The lowest BCUT2D eigenvalue weighted by Crippen LogP contribution is -2.58. The van der Waals surface area contributed by atoms with Crippen molar-refractivity contribution in [3.05, 3.63) is 35.6 Å². The number of amides is 3. The van der Waals surface area contributed by atoms with Gasteiger partial charge in [-0.3, -0.25) is 19.7 Å². The summed E-state index contributed by atoms with van der Waals surface area (Å²) in [6.07, 6.45) is 0. The Hall–Kier alpha value is -2.24. The van der Waals surface area contributed by atoms with Gasteiger partial charge in [0, 0.05) is 5.56 Å². The molecule has 0 radical (unpaired) electrons. The monoisotopic (exact) mass is 250 g/mol. The minimum Gasteiger partial charge on any atom is -0.318 e. The Kier molecular flexibility index (Phi) is 3.10. The van der Waals surface area contributed by atoms with Gasteiger partial charge in [-0.15, -0.1) is 0 Å². The zero-order valence-corrected chi connectivity index (χ0v) is 9.64. The number of nitrogens with zero attached hydrogens (tertiary/aromatic N) is 1. The number of piperazine rings is 1. The summed E-state index contributed by atoms with van der Waals surface area (Å²) in [5, 5.41) is 2.13. The van der Waals surface area contributed by atoms with E-state index in [4.69, 9.17) is 0 Å². The average molecular weight is 250 g/mol. The summed E-state index contributed by atoms with van der Waals surface area (Å²) >= 11 is 0. The summed E-state index contributed by atoms with van der Waals surface area (Å²) in [6.45, 7) is 1.31. The maximum atomic E-state index is 13.0. The Morgan fingerprint density at radius 1 is 1.44 bits per heavy atom. The Balaban J connectivity index is 2.27. The molecule has 0 spiro atoms. The minimum absolute atomic E-state index is 0.115. The number of imide groups is 1. The van der Waals surface area contributed by atoms with Crippen LogP contribution in [0, 0.1) is 5.82 Å². The van der Waals surface area contributed by atoms with Crippen molar-refractivity contribution in [2.75, 3.05) is 6.54 Å². The third kappa shape index (κ3) is 2.22. The summed E-state index contributed by atoms with van der Waals surface area (Å²) in [5.74, 6) is -2.15. The molecule has 0 aliphatic carbocycles. The van der Waals surface area contributed by atoms with Crippen molar-refractivity contribution in [3.8, 4) is 0 Å². The van der Waals surface area contributed by atoms with E-state index < -0.39 is 29.6 Å². The Morgan fingerprint density at radius 2 is 2.17 bits per heavy atom. The molecule has 1 aromatic carbocycles. The molecule has 1 fully saturated rings. The smallest absolute Gasteiger partial charge is 0.255 e. The molecular formula is C12H11FN2O3. The second-order valence-corrected chi connectivity index (χ2v) is 4.03. The van der Waals surface area contributed by atoms with Gasteiger partial charge in [-0.25, -0.2) is 4.39 Å². The maximum Gasteiger partial charge on any atom is 0.255 e. The van der Waals surface area contributed by atoms with Crippen molar-refractivity contribution in [3.63, 3.8) is 0 Å². The van der Waals surface area contributed by atoms with Crippen LogP contribution in [0.3, 0.4) is 0 Å². The first-order chi connectivity index (χ1) is 8.49. The van der Waals surface area contributed by atoms with Gasteiger partial charge in [0.2, 0.25) is 11.8 Å². The normalized spacial score (nSPS) is 19.7. The molecule has 2 rings (SSSR count). The predicted octanol–water partition coefficient (Wildman–Crippen LogP) is 0.313. The lowest BCUT2D eigenvalue weighted by molar-refractivity contribution is -0.138. The van der Waals surface area contributed by atoms with Crippen LogP contribution in [0.4, 0.5) is 4.39 Å². The largest absolute Gasteiger partial charge is 0.318 e. The van der Waals surface area contributed by atoms with E-state index in [0.29, 0.717) is 0 Å². The lowest BCUT2D eigenvalue weighted by atomic mass is 10.1. The molecule has 1 aliphatic rings. The summed E-state index contributed by atoms with van der Waals surface area (Å²) in [4.78, 5) is 35.9. The van der Waals surface area contributed by atoms with E-state index in [9.17, 15) is 18.8 Å². The highest BCUT2D eigenvalue weighted by atomic mass is 19.1. The number of hydrogen-bond donors (Lipinski definition) is 1. The first-order valence-corrected chi connectivity index (χ1v) is 5.39. The van der Waals surface area contributed by atoms with Crippen LogP contribution in [0.25, 0.3) is 0 Å². The van der Waals surface area contributed by atoms with Gasteiger partial charge < -0.3 is 4.90 Å². The van der Waals surface area contributed by atoms with Gasteiger partial charge in [0.1, 0.15) is 18.4 Å². The van der Waals surface area contributed by atoms with Gasteiger partial charge in [0.25, 0.3) is 5.91 Å². The number of benzene rings is 1. The molecule has 0 bridgehead atoms. The molecule has 94 valence electrons. The molecule has 1 N–H and O–H groups in total. The zero-order chi connectivity index (χ0) is 13.3. The second kappa shape index (κ2) is 4.56. The number of carbonyl (C=O) groups excluding carboxylic acids is 3. The van der Waals surface area contributed by atoms with E-state index in [1.54, 1.807) is 0 Å². The maximum absolute atomic E-state index is 13.0. The second-order valence-electron chi connectivity index (χ2n) is 4.03. The Bertz CT molecular complexity index is 530. The zero-order valence-electron chi connectivity index (χ0n) is 9.64. The van der Waals surface area contributed by atoms with Gasteiger partial charge in [-0.05, 0) is 25.1 Å². The van der Waals surface area contributed by atoms with Gasteiger partial charge in [0.05, 0.1) is 0 Å². The molecule has 1 aromatic rings. The summed E-state index contributed by atoms with van der Waals surface area (Å²) in [5.41, 5.74) is 0.115. The highest BCUT2D eigenvalue weighted by Crippen LogP contribution is 2.12. The third-order valence-corrected chi connectivity index (χ3v) is 2.76. The molecule has 1 atom stereocenters. The molecule has 18 heavy (non-hydrogen) atoms. The number of rotatable bonds is 1. The van der Waals surface area contributed by atoms with Gasteiger partial charge in [-0.2, -0.15) is 0 Å². The first kappa shape index (κ1) is 12.2. The summed E-state index contributed by atoms with van der Waals surface area (Å²) in [6, 6.07) is 4.38. The van der Waals surface area contributed by atoms with Crippen LogP contribution >= 0.6 is 0 Å². The van der Waals surface area contributed by atoms with E-state index in [0.717, 1.165) is 11.0 Å².